The first-order chi connectivity index (χ1) is 9.77. The number of sulfone groups is 1. The Labute approximate surface area is 126 Å². The molecule has 6 nitrogen and oxygen atoms in total. The SMILES string of the molecule is CC1(C)CCCNC1C(=O)N(CCO)C1CCS(=O)(=O)C1. The Morgan fingerprint density at radius 1 is 1.43 bits per heavy atom. The molecule has 0 aromatic rings. The summed E-state index contributed by atoms with van der Waals surface area (Å²) in [6.07, 6.45) is 2.47. The molecule has 2 N–H and O–H groups in total. The lowest BCUT2D eigenvalue weighted by Crippen LogP contribution is -2.59. The second-order valence-corrected chi connectivity index (χ2v) is 9.02. The molecule has 0 spiro atoms. The Balaban J connectivity index is 2.15. The highest BCUT2D eigenvalue weighted by Gasteiger charge is 2.42. The van der Waals surface area contributed by atoms with Gasteiger partial charge in [0.25, 0.3) is 0 Å². The molecule has 2 atom stereocenters. The van der Waals surface area contributed by atoms with Gasteiger partial charge in [0.1, 0.15) is 0 Å². The van der Waals surface area contributed by atoms with E-state index in [4.69, 9.17) is 0 Å². The zero-order chi connectivity index (χ0) is 15.7. The van der Waals surface area contributed by atoms with Gasteiger partial charge < -0.3 is 15.3 Å². The molecule has 2 heterocycles. The van der Waals surface area contributed by atoms with Gasteiger partial charge in [0.05, 0.1) is 24.2 Å². The Morgan fingerprint density at radius 3 is 2.67 bits per heavy atom. The number of carbonyl (C=O) groups is 1. The van der Waals surface area contributed by atoms with E-state index in [9.17, 15) is 18.3 Å². The lowest BCUT2D eigenvalue weighted by molar-refractivity contribution is -0.139. The van der Waals surface area contributed by atoms with E-state index in [1.54, 1.807) is 4.90 Å². The van der Waals surface area contributed by atoms with Crippen LogP contribution in [0, 0.1) is 5.41 Å². The van der Waals surface area contributed by atoms with Crippen LogP contribution in [0.3, 0.4) is 0 Å². The third-order valence-electron chi connectivity index (χ3n) is 4.65. The van der Waals surface area contributed by atoms with Crippen molar-refractivity contribution < 1.29 is 18.3 Å². The maximum atomic E-state index is 12.9. The Hall–Kier alpha value is -0.660. The van der Waals surface area contributed by atoms with Crippen LogP contribution in [0.1, 0.15) is 33.1 Å². The highest BCUT2D eigenvalue weighted by atomic mass is 32.2. The lowest BCUT2D eigenvalue weighted by Gasteiger charge is -2.42. The predicted molar refractivity (Wildman–Crippen MR) is 80.7 cm³/mol. The normalized spacial score (nSPS) is 31.0. The number of hydrogen-bond donors (Lipinski definition) is 2. The Kier molecular flexibility index (Phi) is 4.95. The largest absolute Gasteiger partial charge is 0.395 e. The molecule has 2 fully saturated rings. The van der Waals surface area contributed by atoms with Crippen LogP contribution in [0.5, 0.6) is 0 Å². The van der Waals surface area contributed by atoms with E-state index in [-0.39, 0.29) is 48.1 Å². The van der Waals surface area contributed by atoms with E-state index in [2.05, 4.69) is 19.2 Å². The summed E-state index contributed by atoms with van der Waals surface area (Å²) in [5.74, 6) is 0.0797. The summed E-state index contributed by atoms with van der Waals surface area (Å²) in [6.45, 7) is 4.98. The molecule has 7 heteroatoms. The van der Waals surface area contributed by atoms with Crippen molar-refractivity contribution in [2.75, 3.05) is 31.2 Å². The van der Waals surface area contributed by atoms with Gasteiger partial charge in [-0.25, -0.2) is 8.42 Å². The topological polar surface area (TPSA) is 86.7 Å². The number of amides is 1. The summed E-state index contributed by atoms with van der Waals surface area (Å²) >= 11 is 0. The third-order valence-corrected chi connectivity index (χ3v) is 6.40. The van der Waals surface area contributed by atoms with Crippen LogP contribution in [0.15, 0.2) is 0 Å². The van der Waals surface area contributed by atoms with Crippen LogP contribution >= 0.6 is 0 Å². The minimum Gasteiger partial charge on any atom is -0.395 e. The first kappa shape index (κ1) is 16.7. The summed E-state index contributed by atoms with van der Waals surface area (Å²) in [4.78, 5) is 14.4. The highest BCUT2D eigenvalue weighted by molar-refractivity contribution is 7.91. The van der Waals surface area contributed by atoms with Crippen LogP contribution in [0.25, 0.3) is 0 Å². The highest BCUT2D eigenvalue weighted by Crippen LogP contribution is 2.32. The molecule has 0 aliphatic carbocycles. The van der Waals surface area contributed by atoms with Gasteiger partial charge in [-0.05, 0) is 31.2 Å². The molecule has 122 valence electrons. The minimum atomic E-state index is -3.05. The van der Waals surface area contributed by atoms with Crippen LogP contribution in [0.2, 0.25) is 0 Å². The van der Waals surface area contributed by atoms with Crippen molar-refractivity contribution in [3.8, 4) is 0 Å². The first-order valence-electron chi connectivity index (χ1n) is 7.62. The average Bonchev–Trinajstić information content (AvgIpc) is 2.75. The first-order valence-corrected chi connectivity index (χ1v) is 9.44. The van der Waals surface area contributed by atoms with Gasteiger partial charge >= 0.3 is 0 Å². The summed E-state index contributed by atoms with van der Waals surface area (Å²) < 4.78 is 23.3. The van der Waals surface area contributed by atoms with Crippen molar-refractivity contribution in [3.05, 3.63) is 0 Å². The summed E-state index contributed by atoms with van der Waals surface area (Å²) in [6, 6.07) is -0.602. The predicted octanol–water partition coefficient (Wildman–Crippen LogP) is -0.227. The molecule has 1 amide bonds. The zero-order valence-electron chi connectivity index (χ0n) is 12.8. The number of aliphatic hydroxyl groups is 1. The fraction of sp³-hybridized carbons (Fsp3) is 0.929. The molecule has 2 aliphatic rings. The van der Waals surface area contributed by atoms with E-state index in [1.807, 2.05) is 0 Å². The fourth-order valence-corrected chi connectivity index (χ4v) is 5.13. The van der Waals surface area contributed by atoms with E-state index in [0.717, 1.165) is 19.4 Å². The van der Waals surface area contributed by atoms with Crippen molar-refractivity contribution >= 4 is 15.7 Å². The number of piperidine rings is 1. The van der Waals surface area contributed by atoms with Gasteiger partial charge in [-0.3, -0.25) is 4.79 Å². The van der Waals surface area contributed by atoms with E-state index in [0.29, 0.717) is 6.42 Å². The van der Waals surface area contributed by atoms with Crippen LogP contribution in [-0.2, 0) is 14.6 Å². The number of nitrogens with one attached hydrogen (secondary N) is 1. The maximum absolute atomic E-state index is 12.9. The van der Waals surface area contributed by atoms with E-state index < -0.39 is 9.84 Å². The number of nitrogens with zero attached hydrogens (tertiary/aromatic N) is 1. The molecule has 2 aliphatic heterocycles. The second kappa shape index (κ2) is 6.22. The summed E-state index contributed by atoms with van der Waals surface area (Å²) in [5.41, 5.74) is -0.152. The standard InChI is InChI=1S/C14H26N2O4S/c1-14(2)5-3-6-15-12(14)13(18)16(7-8-17)11-4-9-21(19,20)10-11/h11-12,15,17H,3-10H2,1-2H3. The maximum Gasteiger partial charge on any atom is 0.240 e. The number of aliphatic hydroxyl groups excluding tert-OH is 1. The van der Waals surface area contributed by atoms with Crippen molar-refractivity contribution in [2.45, 2.75) is 45.2 Å². The van der Waals surface area contributed by atoms with E-state index >= 15 is 0 Å². The third kappa shape index (κ3) is 3.76. The zero-order valence-corrected chi connectivity index (χ0v) is 13.7. The number of hydrogen-bond acceptors (Lipinski definition) is 5. The van der Waals surface area contributed by atoms with Gasteiger partial charge in [0.2, 0.25) is 5.91 Å². The van der Waals surface area contributed by atoms with Gasteiger partial charge in [-0.2, -0.15) is 0 Å². The fourth-order valence-electron chi connectivity index (χ4n) is 3.40. The quantitative estimate of drug-likeness (QED) is 0.748. The van der Waals surface area contributed by atoms with Gasteiger partial charge in [-0.15, -0.1) is 0 Å². The molecule has 21 heavy (non-hydrogen) atoms. The smallest absolute Gasteiger partial charge is 0.240 e. The van der Waals surface area contributed by atoms with Crippen molar-refractivity contribution in [1.29, 1.82) is 0 Å². The molecule has 0 radical (unpaired) electrons. The van der Waals surface area contributed by atoms with Crippen LogP contribution in [-0.4, -0.2) is 67.6 Å². The van der Waals surface area contributed by atoms with Gasteiger partial charge in [0.15, 0.2) is 9.84 Å². The van der Waals surface area contributed by atoms with Crippen molar-refractivity contribution in [1.82, 2.24) is 10.2 Å². The molecule has 2 rings (SSSR count). The summed E-state index contributed by atoms with van der Waals surface area (Å²) in [7, 11) is -3.05. The van der Waals surface area contributed by atoms with E-state index in [1.165, 1.54) is 0 Å². The van der Waals surface area contributed by atoms with Crippen molar-refractivity contribution in [3.63, 3.8) is 0 Å². The monoisotopic (exact) mass is 318 g/mol. The van der Waals surface area contributed by atoms with Gasteiger partial charge in [-0.1, -0.05) is 13.8 Å². The van der Waals surface area contributed by atoms with Crippen LogP contribution < -0.4 is 5.32 Å². The second-order valence-electron chi connectivity index (χ2n) is 6.79. The van der Waals surface area contributed by atoms with Gasteiger partial charge in [0, 0.05) is 12.6 Å². The number of carbonyl (C=O) groups excluding carboxylic acids is 1. The lowest BCUT2D eigenvalue weighted by atomic mass is 9.77. The average molecular weight is 318 g/mol. The molecule has 0 saturated carbocycles. The minimum absolute atomic E-state index is 0.0197. The molecule has 2 saturated heterocycles. The molecule has 2 unspecified atom stereocenters. The Bertz CT molecular complexity index is 489. The Morgan fingerprint density at radius 2 is 2.14 bits per heavy atom. The van der Waals surface area contributed by atoms with Crippen LogP contribution in [0.4, 0.5) is 0 Å². The van der Waals surface area contributed by atoms with Crippen molar-refractivity contribution in [2.24, 2.45) is 5.41 Å². The molecule has 0 aromatic carbocycles. The summed E-state index contributed by atoms with van der Waals surface area (Å²) in [5, 5.41) is 12.5. The molecule has 0 bridgehead atoms. The molecular weight excluding hydrogens is 292 g/mol. The molecule has 0 aromatic heterocycles. The molecular formula is C14H26N2O4S. The number of rotatable bonds is 4.